The molecular weight excluding hydrogens is 312 g/mol. The number of hydrogen-bond acceptors (Lipinski definition) is 4. The monoisotopic (exact) mass is 324 g/mol. The molecule has 8 heteroatoms. The maximum atomic E-state index is 12.2. The van der Waals surface area contributed by atoms with Gasteiger partial charge in [0.1, 0.15) is 0 Å². The van der Waals surface area contributed by atoms with Crippen molar-refractivity contribution in [2.45, 2.75) is 0 Å². The zero-order chi connectivity index (χ0) is 17.1. The summed E-state index contributed by atoms with van der Waals surface area (Å²) in [5, 5.41) is 15.4. The Morgan fingerprint density at radius 1 is 1.08 bits per heavy atom. The van der Waals surface area contributed by atoms with Gasteiger partial charge in [-0.25, -0.2) is 9.59 Å². The third-order valence-corrected chi connectivity index (χ3v) is 3.20. The molecule has 0 aliphatic carbocycles. The fourth-order valence-corrected chi connectivity index (χ4v) is 2.09. The van der Waals surface area contributed by atoms with Crippen molar-refractivity contribution in [1.82, 2.24) is 14.8 Å². The van der Waals surface area contributed by atoms with Crippen molar-refractivity contribution in [3.63, 3.8) is 0 Å². The van der Waals surface area contributed by atoms with Crippen molar-refractivity contribution in [2.75, 3.05) is 5.32 Å². The summed E-state index contributed by atoms with van der Waals surface area (Å²) in [7, 11) is 0. The number of nitrogens with zero attached hydrogens (tertiary/aromatic N) is 2. The van der Waals surface area contributed by atoms with E-state index in [9.17, 15) is 14.4 Å². The minimum absolute atomic E-state index is 0.0381. The van der Waals surface area contributed by atoms with Gasteiger partial charge in [0, 0.05) is 5.69 Å². The molecular formula is C16H12N4O4. The molecule has 0 fully saturated rings. The van der Waals surface area contributed by atoms with E-state index >= 15 is 0 Å². The van der Waals surface area contributed by atoms with E-state index in [0.29, 0.717) is 5.69 Å². The Morgan fingerprint density at radius 3 is 2.54 bits per heavy atom. The smallest absolute Gasteiger partial charge is 0.348 e. The van der Waals surface area contributed by atoms with Crippen LogP contribution >= 0.6 is 0 Å². The van der Waals surface area contributed by atoms with Gasteiger partial charge in [-0.2, -0.15) is 4.68 Å². The van der Waals surface area contributed by atoms with Crippen molar-refractivity contribution in [1.29, 1.82) is 0 Å². The van der Waals surface area contributed by atoms with E-state index < -0.39 is 17.6 Å². The molecule has 0 unspecified atom stereocenters. The molecule has 1 amide bonds. The van der Waals surface area contributed by atoms with Gasteiger partial charge in [-0.3, -0.25) is 9.78 Å². The number of H-pyrrole nitrogens is 1. The molecule has 0 aliphatic rings. The molecule has 8 nitrogen and oxygen atoms in total. The number of rotatable bonds is 4. The Bertz CT molecular complexity index is 959. The highest BCUT2D eigenvalue weighted by molar-refractivity contribution is 6.02. The molecule has 0 spiro atoms. The summed E-state index contributed by atoms with van der Waals surface area (Å²) in [5.74, 6) is -1.93. The molecule has 0 saturated heterocycles. The van der Waals surface area contributed by atoms with Crippen molar-refractivity contribution in [3.8, 4) is 5.69 Å². The highest BCUT2D eigenvalue weighted by Crippen LogP contribution is 2.11. The number of carbonyl (C=O) groups excluding carboxylic acids is 1. The SMILES string of the molecule is O=C(O)c1cccc(NC(=O)c2nn(-c3ccccc3)c(=O)[nH]2)c1. The second-order valence-corrected chi connectivity index (χ2v) is 4.87. The molecule has 24 heavy (non-hydrogen) atoms. The molecule has 120 valence electrons. The van der Waals surface area contributed by atoms with Crippen molar-refractivity contribution >= 4 is 17.6 Å². The van der Waals surface area contributed by atoms with E-state index in [4.69, 9.17) is 5.11 Å². The quantitative estimate of drug-likeness (QED) is 0.672. The van der Waals surface area contributed by atoms with Crippen LogP contribution in [0.4, 0.5) is 5.69 Å². The Kier molecular flexibility index (Phi) is 3.94. The normalized spacial score (nSPS) is 10.3. The predicted octanol–water partition coefficient (Wildman–Crippen LogP) is 1.51. The first-order valence-electron chi connectivity index (χ1n) is 6.94. The van der Waals surface area contributed by atoms with Crippen LogP contribution in [-0.2, 0) is 0 Å². The fourth-order valence-electron chi connectivity index (χ4n) is 2.09. The van der Waals surface area contributed by atoms with Crippen LogP contribution in [0.3, 0.4) is 0 Å². The predicted molar refractivity (Wildman–Crippen MR) is 85.5 cm³/mol. The Labute approximate surface area is 135 Å². The minimum atomic E-state index is -1.10. The molecule has 2 aromatic carbocycles. The third-order valence-electron chi connectivity index (χ3n) is 3.20. The lowest BCUT2D eigenvalue weighted by Gasteiger charge is -2.03. The average molecular weight is 324 g/mol. The second kappa shape index (κ2) is 6.21. The number of aromatic nitrogens is 3. The highest BCUT2D eigenvalue weighted by Gasteiger charge is 2.15. The number of carboxylic acids is 1. The average Bonchev–Trinajstić information content (AvgIpc) is 2.98. The first-order valence-corrected chi connectivity index (χ1v) is 6.94. The number of aromatic carboxylic acids is 1. The summed E-state index contributed by atoms with van der Waals surface area (Å²) in [6.07, 6.45) is 0. The van der Waals surface area contributed by atoms with Crippen molar-refractivity contribution < 1.29 is 14.7 Å². The molecule has 0 bridgehead atoms. The maximum absolute atomic E-state index is 12.2. The summed E-state index contributed by atoms with van der Waals surface area (Å²) >= 11 is 0. The third kappa shape index (κ3) is 3.07. The Morgan fingerprint density at radius 2 is 1.83 bits per heavy atom. The number of benzene rings is 2. The lowest BCUT2D eigenvalue weighted by molar-refractivity contribution is 0.0696. The number of para-hydroxylation sites is 1. The molecule has 3 N–H and O–H groups in total. The summed E-state index contributed by atoms with van der Waals surface area (Å²) in [6.45, 7) is 0. The van der Waals surface area contributed by atoms with Gasteiger partial charge < -0.3 is 10.4 Å². The summed E-state index contributed by atoms with van der Waals surface area (Å²) in [6, 6.07) is 14.4. The van der Waals surface area contributed by atoms with Gasteiger partial charge in [-0.05, 0) is 30.3 Å². The second-order valence-electron chi connectivity index (χ2n) is 4.87. The van der Waals surface area contributed by atoms with Crippen LogP contribution in [0.2, 0.25) is 0 Å². The van der Waals surface area contributed by atoms with Gasteiger partial charge in [0.05, 0.1) is 11.3 Å². The fraction of sp³-hybridized carbons (Fsp3) is 0. The van der Waals surface area contributed by atoms with Crippen LogP contribution in [0.15, 0.2) is 59.4 Å². The van der Waals surface area contributed by atoms with Gasteiger partial charge in [0.15, 0.2) is 0 Å². The highest BCUT2D eigenvalue weighted by atomic mass is 16.4. The molecule has 0 radical (unpaired) electrons. The minimum Gasteiger partial charge on any atom is -0.478 e. The van der Waals surface area contributed by atoms with Gasteiger partial charge in [-0.1, -0.05) is 24.3 Å². The van der Waals surface area contributed by atoms with E-state index in [1.807, 2.05) is 0 Å². The van der Waals surface area contributed by atoms with Crippen LogP contribution < -0.4 is 11.0 Å². The van der Waals surface area contributed by atoms with Gasteiger partial charge in [0.2, 0.25) is 5.82 Å². The largest absolute Gasteiger partial charge is 0.478 e. The van der Waals surface area contributed by atoms with E-state index in [2.05, 4.69) is 15.4 Å². The van der Waals surface area contributed by atoms with Crippen LogP contribution in [0.1, 0.15) is 21.0 Å². The molecule has 0 atom stereocenters. The van der Waals surface area contributed by atoms with Gasteiger partial charge >= 0.3 is 11.7 Å². The molecule has 3 rings (SSSR count). The number of amides is 1. The van der Waals surface area contributed by atoms with E-state index in [0.717, 1.165) is 4.68 Å². The Balaban J connectivity index is 1.85. The van der Waals surface area contributed by atoms with E-state index in [1.165, 1.54) is 24.3 Å². The van der Waals surface area contributed by atoms with E-state index in [-0.39, 0.29) is 17.1 Å². The molecule has 1 aromatic heterocycles. The van der Waals surface area contributed by atoms with E-state index in [1.54, 1.807) is 30.3 Å². The topological polar surface area (TPSA) is 117 Å². The lowest BCUT2D eigenvalue weighted by Crippen LogP contribution is -2.16. The number of carboxylic acid groups (broad SMARTS) is 1. The molecule has 1 heterocycles. The summed E-state index contributed by atoms with van der Waals surface area (Å²) < 4.78 is 1.07. The summed E-state index contributed by atoms with van der Waals surface area (Å²) in [5.41, 5.74) is 0.294. The first-order chi connectivity index (χ1) is 11.5. The van der Waals surface area contributed by atoms with Gasteiger partial charge in [0.25, 0.3) is 5.91 Å². The maximum Gasteiger partial charge on any atom is 0.348 e. The van der Waals surface area contributed by atoms with Crippen LogP contribution in [-0.4, -0.2) is 31.7 Å². The molecule has 0 saturated carbocycles. The van der Waals surface area contributed by atoms with Crippen LogP contribution in [0.5, 0.6) is 0 Å². The standard InChI is InChI=1S/C16H12N4O4/c21-14(17-11-6-4-5-10(9-11)15(22)23)13-18-16(24)20(19-13)12-7-2-1-3-8-12/h1-9H,(H,17,21)(H,22,23)(H,18,19,24). The molecule has 0 aliphatic heterocycles. The van der Waals surface area contributed by atoms with Gasteiger partial charge in [-0.15, -0.1) is 5.10 Å². The number of anilines is 1. The Hall–Kier alpha value is -3.68. The summed E-state index contributed by atoms with van der Waals surface area (Å²) in [4.78, 5) is 37.4. The van der Waals surface area contributed by atoms with Crippen LogP contribution in [0, 0.1) is 0 Å². The first kappa shape index (κ1) is 15.2. The zero-order valence-electron chi connectivity index (χ0n) is 12.3. The number of nitrogens with one attached hydrogen (secondary N) is 2. The molecule has 3 aromatic rings. The lowest BCUT2D eigenvalue weighted by atomic mass is 10.2. The number of carbonyl (C=O) groups is 2. The number of aromatic amines is 1. The van der Waals surface area contributed by atoms with Crippen molar-refractivity contribution in [3.05, 3.63) is 76.5 Å². The van der Waals surface area contributed by atoms with Crippen LogP contribution in [0.25, 0.3) is 5.69 Å². The van der Waals surface area contributed by atoms with Crippen molar-refractivity contribution in [2.24, 2.45) is 0 Å². The number of hydrogen-bond donors (Lipinski definition) is 3. The zero-order valence-corrected chi connectivity index (χ0v) is 12.3.